The zero-order valence-corrected chi connectivity index (χ0v) is 18.0. The van der Waals surface area contributed by atoms with Gasteiger partial charge in [-0.25, -0.2) is 4.39 Å². The number of ether oxygens (including phenoxy) is 1. The summed E-state index contributed by atoms with van der Waals surface area (Å²) in [6.45, 7) is 7.05. The molecule has 0 saturated carbocycles. The largest absolute Gasteiger partial charge is 0.505 e. The summed E-state index contributed by atoms with van der Waals surface area (Å²) in [4.78, 5) is 25.9. The van der Waals surface area contributed by atoms with Gasteiger partial charge in [-0.15, -0.1) is 0 Å². The van der Waals surface area contributed by atoms with Gasteiger partial charge in [0.2, 0.25) is 0 Å². The molecule has 2 aromatic carbocycles. The number of hydrogen-bond donors (Lipinski definition) is 1. The van der Waals surface area contributed by atoms with E-state index in [9.17, 15) is 19.1 Å². The topological polar surface area (TPSA) is 68.5 Å². The second-order valence-corrected chi connectivity index (χ2v) is 7.78. The molecule has 158 valence electrons. The number of carbonyl (C=O) groups is 2. The molecule has 0 aliphatic rings. The average molecular weight is 432 g/mol. The van der Waals surface area contributed by atoms with Crippen molar-refractivity contribution in [1.29, 1.82) is 0 Å². The van der Waals surface area contributed by atoms with Gasteiger partial charge in [0, 0.05) is 27.7 Å². The van der Waals surface area contributed by atoms with Crippen molar-refractivity contribution >= 4 is 34.4 Å². The molecule has 0 radical (unpaired) electrons. The highest BCUT2D eigenvalue weighted by Crippen LogP contribution is 2.36. The average Bonchev–Trinajstić information content (AvgIpc) is 2.97. The Hall–Kier alpha value is -2.86. The first kappa shape index (κ1) is 21.8. The number of phenols is 1. The number of hydrogen-bond acceptors (Lipinski definition) is 4. The van der Waals surface area contributed by atoms with Gasteiger partial charge in [-0.05, 0) is 57.0 Å². The van der Waals surface area contributed by atoms with Gasteiger partial charge in [0.1, 0.15) is 0 Å². The molecule has 1 N–H and O–H groups in total. The fourth-order valence-corrected chi connectivity index (χ4v) is 3.70. The molecule has 0 spiro atoms. The second-order valence-electron chi connectivity index (χ2n) is 7.35. The third-order valence-electron chi connectivity index (χ3n) is 5.27. The molecule has 0 aliphatic heterocycles. The van der Waals surface area contributed by atoms with E-state index in [0.717, 1.165) is 6.07 Å². The lowest BCUT2D eigenvalue weighted by Crippen LogP contribution is -2.20. The van der Waals surface area contributed by atoms with Gasteiger partial charge in [-0.2, -0.15) is 0 Å². The van der Waals surface area contributed by atoms with E-state index in [-0.39, 0.29) is 11.6 Å². The molecule has 0 amide bonds. The molecule has 1 aromatic heterocycles. The first-order valence-electron chi connectivity index (χ1n) is 9.69. The Labute approximate surface area is 179 Å². The SMILES string of the molecule is CCC(C)OC(=O)C(C)c1c(C)n(C(=O)c2cccc(Cl)c2)c2cc(F)c(O)cc12. The number of halogens is 2. The number of esters is 1. The van der Waals surface area contributed by atoms with Crippen LogP contribution in [0.5, 0.6) is 5.75 Å². The number of phenolic OH excluding ortho intramolecular Hbond substituents is 1. The zero-order chi connectivity index (χ0) is 22.2. The number of carbonyl (C=O) groups excluding carboxylic acids is 2. The van der Waals surface area contributed by atoms with Crippen molar-refractivity contribution < 1.29 is 23.8 Å². The van der Waals surface area contributed by atoms with Gasteiger partial charge in [-0.1, -0.05) is 24.6 Å². The summed E-state index contributed by atoms with van der Waals surface area (Å²) in [5.74, 6) is -3.01. The number of fused-ring (bicyclic) bond motifs is 1. The number of aromatic nitrogens is 1. The summed E-state index contributed by atoms with van der Waals surface area (Å²) >= 11 is 6.02. The maximum Gasteiger partial charge on any atom is 0.313 e. The molecule has 0 bridgehead atoms. The first-order valence-corrected chi connectivity index (χ1v) is 10.1. The van der Waals surface area contributed by atoms with E-state index in [4.69, 9.17) is 16.3 Å². The highest BCUT2D eigenvalue weighted by molar-refractivity contribution is 6.31. The fourth-order valence-electron chi connectivity index (χ4n) is 3.51. The van der Waals surface area contributed by atoms with Gasteiger partial charge in [0.25, 0.3) is 5.91 Å². The predicted molar refractivity (Wildman–Crippen MR) is 114 cm³/mol. The number of benzene rings is 2. The normalized spacial score (nSPS) is 13.3. The van der Waals surface area contributed by atoms with Gasteiger partial charge in [0.05, 0.1) is 17.5 Å². The summed E-state index contributed by atoms with van der Waals surface area (Å²) in [6, 6.07) is 8.76. The van der Waals surface area contributed by atoms with Crippen molar-refractivity contribution in [2.24, 2.45) is 0 Å². The quantitative estimate of drug-likeness (QED) is 0.535. The number of rotatable bonds is 5. The van der Waals surface area contributed by atoms with Crippen molar-refractivity contribution in [3.05, 3.63) is 64.1 Å². The van der Waals surface area contributed by atoms with Crippen LogP contribution in [-0.2, 0) is 9.53 Å². The van der Waals surface area contributed by atoms with Gasteiger partial charge >= 0.3 is 5.97 Å². The Balaban J connectivity index is 2.22. The van der Waals surface area contributed by atoms with Crippen LogP contribution < -0.4 is 0 Å². The molecule has 3 rings (SSSR count). The molecule has 7 heteroatoms. The molecule has 1 heterocycles. The minimum Gasteiger partial charge on any atom is -0.505 e. The molecule has 0 aliphatic carbocycles. The molecule has 2 atom stereocenters. The van der Waals surface area contributed by atoms with E-state index in [2.05, 4.69) is 0 Å². The Morgan fingerprint density at radius 3 is 2.57 bits per heavy atom. The van der Waals surface area contributed by atoms with E-state index in [1.165, 1.54) is 16.7 Å². The molecule has 3 aromatic rings. The van der Waals surface area contributed by atoms with E-state index in [1.54, 1.807) is 39.0 Å². The van der Waals surface area contributed by atoms with E-state index in [1.807, 2.05) is 6.92 Å². The van der Waals surface area contributed by atoms with Gasteiger partial charge in [0.15, 0.2) is 11.6 Å². The molecule has 0 saturated heterocycles. The molecular weight excluding hydrogens is 409 g/mol. The summed E-state index contributed by atoms with van der Waals surface area (Å²) < 4.78 is 21.0. The van der Waals surface area contributed by atoms with Crippen LogP contribution in [0.4, 0.5) is 4.39 Å². The Morgan fingerprint density at radius 1 is 1.23 bits per heavy atom. The minimum atomic E-state index is -0.860. The van der Waals surface area contributed by atoms with Crippen LogP contribution in [0.2, 0.25) is 5.02 Å². The smallest absolute Gasteiger partial charge is 0.313 e. The maximum atomic E-state index is 14.2. The Bertz CT molecular complexity index is 1140. The fraction of sp³-hybridized carbons (Fsp3) is 0.304. The van der Waals surface area contributed by atoms with Gasteiger partial charge < -0.3 is 9.84 Å². The number of nitrogens with zero attached hydrogens (tertiary/aromatic N) is 1. The number of aromatic hydroxyl groups is 1. The molecule has 0 fully saturated rings. The lowest BCUT2D eigenvalue weighted by atomic mass is 9.97. The van der Waals surface area contributed by atoms with Crippen LogP contribution in [0.25, 0.3) is 10.9 Å². The van der Waals surface area contributed by atoms with Crippen LogP contribution in [0.1, 0.15) is 54.7 Å². The predicted octanol–water partition coefficient (Wildman–Crippen LogP) is 5.58. The van der Waals surface area contributed by atoms with Crippen molar-refractivity contribution in [2.75, 3.05) is 0 Å². The zero-order valence-electron chi connectivity index (χ0n) is 17.2. The third-order valence-corrected chi connectivity index (χ3v) is 5.51. The van der Waals surface area contributed by atoms with Gasteiger partial charge in [-0.3, -0.25) is 14.2 Å². The summed E-state index contributed by atoms with van der Waals surface area (Å²) in [5, 5.41) is 10.7. The second kappa shape index (κ2) is 8.48. The molecule has 5 nitrogen and oxygen atoms in total. The standard InChI is InChI=1S/C23H23ClFNO4/c1-5-12(2)30-23(29)13(3)21-14(4)26(19-11-18(25)20(27)10-17(19)21)22(28)15-7-6-8-16(24)9-15/h6-13,27H,5H2,1-4H3. The highest BCUT2D eigenvalue weighted by Gasteiger charge is 2.29. The van der Waals surface area contributed by atoms with E-state index in [0.29, 0.717) is 33.7 Å². The highest BCUT2D eigenvalue weighted by atomic mass is 35.5. The van der Waals surface area contributed by atoms with Crippen LogP contribution in [0.3, 0.4) is 0 Å². The van der Waals surface area contributed by atoms with Crippen LogP contribution >= 0.6 is 11.6 Å². The van der Waals surface area contributed by atoms with Crippen LogP contribution in [-0.4, -0.2) is 27.7 Å². The van der Waals surface area contributed by atoms with Crippen LogP contribution in [0, 0.1) is 12.7 Å². The minimum absolute atomic E-state index is 0.256. The van der Waals surface area contributed by atoms with E-state index < -0.39 is 29.4 Å². The first-order chi connectivity index (χ1) is 14.1. The molecular formula is C23H23ClFNO4. The molecule has 30 heavy (non-hydrogen) atoms. The van der Waals surface area contributed by atoms with Crippen LogP contribution in [0.15, 0.2) is 36.4 Å². The lowest BCUT2D eigenvalue weighted by Gasteiger charge is -2.16. The summed E-state index contributed by atoms with van der Waals surface area (Å²) in [7, 11) is 0. The molecule has 2 unspecified atom stereocenters. The Morgan fingerprint density at radius 2 is 1.93 bits per heavy atom. The van der Waals surface area contributed by atoms with E-state index >= 15 is 0 Å². The summed E-state index contributed by atoms with van der Waals surface area (Å²) in [6.07, 6.45) is 0.408. The monoisotopic (exact) mass is 431 g/mol. The van der Waals surface area contributed by atoms with Crippen molar-refractivity contribution in [3.63, 3.8) is 0 Å². The van der Waals surface area contributed by atoms with Crippen molar-refractivity contribution in [2.45, 2.75) is 46.1 Å². The third kappa shape index (κ3) is 3.92. The maximum absolute atomic E-state index is 14.2. The Kier molecular flexibility index (Phi) is 6.17. The lowest BCUT2D eigenvalue weighted by molar-refractivity contribution is -0.149. The van der Waals surface area contributed by atoms with Crippen molar-refractivity contribution in [3.8, 4) is 5.75 Å². The van der Waals surface area contributed by atoms with Crippen molar-refractivity contribution in [1.82, 2.24) is 4.57 Å². The summed E-state index contributed by atoms with van der Waals surface area (Å²) in [5.41, 5.74) is 1.54.